The van der Waals surface area contributed by atoms with Crippen LogP contribution in [-0.2, 0) is 14.9 Å². The first-order chi connectivity index (χ1) is 12.9. The molecule has 2 unspecified atom stereocenters. The Kier molecular flexibility index (Phi) is 6.34. The topological polar surface area (TPSA) is 73.6 Å². The fourth-order valence-corrected chi connectivity index (χ4v) is 4.74. The number of methoxy groups -OCH3 is 1. The molecule has 1 heterocycles. The summed E-state index contributed by atoms with van der Waals surface area (Å²) in [5, 5.41) is 3.89. The maximum Gasteiger partial charge on any atom is 0.224 e. The van der Waals surface area contributed by atoms with Crippen molar-refractivity contribution in [2.45, 2.75) is 56.4 Å². The molecule has 1 amide bonds. The van der Waals surface area contributed by atoms with Crippen molar-refractivity contribution >= 4 is 17.5 Å². The lowest BCUT2D eigenvalue weighted by Crippen LogP contribution is -2.54. The Bertz CT molecular complexity index is 671. The van der Waals surface area contributed by atoms with Crippen molar-refractivity contribution in [3.8, 4) is 5.75 Å². The largest absolute Gasteiger partial charge is 0.496 e. The minimum Gasteiger partial charge on any atom is -0.496 e. The predicted octanol–water partition coefficient (Wildman–Crippen LogP) is 3.42. The van der Waals surface area contributed by atoms with Gasteiger partial charge in [-0.1, -0.05) is 24.4 Å². The van der Waals surface area contributed by atoms with Crippen molar-refractivity contribution in [1.29, 1.82) is 0 Å². The highest BCUT2D eigenvalue weighted by atomic mass is 35.5. The molecule has 6 heteroatoms. The van der Waals surface area contributed by atoms with E-state index in [1.165, 1.54) is 0 Å². The molecule has 2 atom stereocenters. The molecular weight excluding hydrogens is 364 g/mol. The molecule has 1 aromatic rings. The predicted molar refractivity (Wildman–Crippen MR) is 107 cm³/mol. The van der Waals surface area contributed by atoms with Gasteiger partial charge in [-0.3, -0.25) is 4.79 Å². The van der Waals surface area contributed by atoms with Crippen LogP contribution in [-0.4, -0.2) is 38.3 Å². The van der Waals surface area contributed by atoms with Gasteiger partial charge in [-0.2, -0.15) is 0 Å². The van der Waals surface area contributed by atoms with E-state index in [0.29, 0.717) is 24.8 Å². The van der Waals surface area contributed by atoms with Gasteiger partial charge in [0.2, 0.25) is 5.91 Å². The molecule has 2 aliphatic rings. The summed E-state index contributed by atoms with van der Waals surface area (Å²) in [6.07, 6.45) is 5.54. The Balaban J connectivity index is 1.82. The van der Waals surface area contributed by atoms with E-state index < -0.39 is 5.54 Å². The normalized spacial score (nSPS) is 27.8. The van der Waals surface area contributed by atoms with Crippen LogP contribution >= 0.6 is 11.6 Å². The van der Waals surface area contributed by atoms with Crippen molar-refractivity contribution in [2.24, 2.45) is 11.7 Å². The number of benzene rings is 1. The first-order valence-electron chi connectivity index (χ1n) is 9.86. The van der Waals surface area contributed by atoms with Gasteiger partial charge in [-0.05, 0) is 50.8 Å². The van der Waals surface area contributed by atoms with E-state index in [9.17, 15) is 4.79 Å². The SMILES string of the molecule is COc1ccc(Cl)cc1C1(CNC(=O)C2CCCCC2(C)N)CCOCC1. The van der Waals surface area contributed by atoms with Gasteiger partial charge in [0.05, 0.1) is 13.0 Å². The van der Waals surface area contributed by atoms with Crippen molar-refractivity contribution < 1.29 is 14.3 Å². The van der Waals surface area contributed by atoms with Gasteiger partial charge in [0.1, 0.15) is 5.75 Å². The number of nitrogens with one attached hydrogen (secondary N) is 1. The van der Waals surface area contributed by atoms with E-state index in [1.807, 2.05) is 25.1 Å². The summed E-state index contributed by atoms with van der Waals surface area (Å²) in [6, 6.07) is 5.69. The summed E-state index contributed by atoms with van der Waals surface area (Å²) in [4.78, 5) is 13.0. The third-order valence-electron chi connectivity index (χ3n) is 6.35. The molecule has 0 radical (unpaired) electrons. The third-order valence-corrected chi connectivity index (χ3v) is 6.59. The number of hydrogen-bond acceptors (Lipinski definition) is 4. The number of halogens is 1. The van der Waals surface area contributed by atoms with Gasteiger partial charge in [-0.25, -0.2) is 0 Å². The zero-order chi connectivity index (χ0) is 19.5. The fraction of sp³-hybridized carbons (Fsp3) is 0.667. The molecule has 3 rings (SSSR count). The minimum atomic E-state index is -0.432. The maximum atomic E-state index is 13.0. The summed E-state index contributed by atoms with van der Waals surface area (Å²) in [5.41, 5.74) is 6.79. The number of carbonyl (C=O) groups is 1. The van der Waals surface area contributed by atoms with Crippen LogP contribution in [0.4, 0.5) is 0 Å². The molecule has 5 nitrogen and oxygen atoms in total. The van der Waals surface area contributed by atoms with Crippen LogP contribution in [0, 0.1) is 5.92 Å². The second-order valence-electron chi connectivity index (χ2n) is 8.26. The number of nitrogens with two attached hydrogens (primary N) is 1. The zero-order valence-corrected chi connectivity index (χ0v) is 17.1. The van der Waals surface area contributed by atoms with Crippen molar-refractivity contribution in [3.63, 3.8) is 0 Å². The third kappa shape index (κ3) is 4.41. The highest BCUT2D eigenvalue weighted by Crippen LogP contribution is 2.41. The number of amides is 1. The van der Waals surface area contributed by atoms with E-state index in [4.69, 9.17) is 26.8 Å². The number of carbonyl (C=O) groups excluding carboxylic acids is 1. The van der Waals surface area contributed by atoms with E-state index >= 15 is 0 Å². The van der Waals surface area contributed by atoms with Crippen molar-refractivity contribution in [1.82, 2.24) is 5.32 Å². The van der Waals surface area contributed by atoms with Gasteiger partial charge in [0.15, 0.2) is 0 Å². The molecule has 27 heavy (non-hydrogen) atoms. The first-order valence-corrected chi connectivity index (χ1v) is 10.2. The molecule has 2 fully saturated rings. The molecule has 150 valence electrons. The van der Waals surface area contributed by atoms with Crippen LogP contribution in [0.25, 0.3) is 0 Å². The van der Waals surface area contributed by atoms with Gasteiger partial charge >= 0.3 is 0 Å². The van der Waals surface area contributed by atoms with Crippen molar-refractivity contribution in [3.05, 3.63) is 28.8 Å². The van der Waals surface area contributed by atoms with Crippen LogP contribution < -0.4 is 15.8 Å². The highest BCUT2D eigenvalue weighted by Gasteiger charge is 2.41. The molecule has 0 spiro atoms. The lowest BCUT2D eigenvalue weighted by atomic mass is 9.72. The Labute approximate surface area is 166 Å². The average molecular weight is 395 g/mol. The van der Waals surface area contributed by atoms with Crippen molar-refractivity contribution in [2.75, 3.05) is 26.9 Å². The summed E-state index contributed by atoms with van der Waals surface area (Å²) >= 11 is 6.29. The van der Waals surface area contributed by atoms with E-state index in [-0.39, 0.29) is 17.2 Å². The second kappa shape index (κ2) is 8.38. The lowest BCUT2D eigenvalue weighted by molar-refractivity contribution is -0.128. The number of rotatable bonds is 5. The summed E-state index contributed by atoms with van der Waals surface area (Å²) in [6.45, 7) is 3.85. The molecule has 1 aromatic carbocycles. The Hall–Kier alpha value is -1.30. The summed E-state index contributed by atoms with van der Waals surface area (Å²) in [7, 11) is 1.67. The first kappa shape index (κ1) is 20.4. The zero-order valence-electron chi connectivity index (χ0n) is 16.4. The molecule has 1 saturated heterocycles. The Morgan fingerprint density at radius 3 is 2.74 bits per heavy atom. The molecule has 1 aliphatic carbocycles. The van der Waals surface area contributed by atoms with Crippen LogP contribution in [0.1, 0.15) is 51.0 Å². The minimum absolute atomic E-state index is 0.0616. The van der Waals surface area contributed by atoms with Gasteiger partial charge in [0, 0.05) is 41.3 Å². The molecule has 0 aromatic heterocycles. The van der Waals surface area contributed by atoms with Crippen LogP contribution in [0.3, 0.4) is 0 Å². The molecule has 1 saturated carbocycles. The maximum absolute atomic E-state index is 13.0. The quantitative estimate of drug-likeness (QED) is 0.802. The van der Waals surface area contributed by atoms with E-state index in [1.54, 1.807) is 7.11 Å². The Morgan fingerprint density at radius 2 is 2.07 bits per heavy atom. The standard InChI is InChI=1S/C21H31ClN2O3/c1-20(23)8-4-3-5-16(20)19(25)24-14-21(9-11-27-12-10-21)17-13-15(22)6-7-18(17)26-2/h6-7,13,16H,3-5,8-12,14,23H2,1-2H3,(H,24,25). The lowest BCUT2D eigenvalue weighted by Gasteiger charge is -2.41. The second-order valence-corrected chi connectivity index (χ2v) is 8.70. The molecular formula is C21H31ClN2O3. The van der Waals surface area contributed by atoms with Gasteiger partial charge in [0.25, 0.3) is 0 Å². The van der Waals surface area contributed by atoms with Gasteiger partial charge in [-0.15, -0.1) is 0 Å². The van der Waals surface area contributed by atoms with Crippen LogP contribution in [0.15, 0.2) is 18.2 Å². The van der Waals surface area contributed by atoms with E-state index in [0.717, 1.165) is 49.8 Å². The number of hydrogen-bond donors (Lipinski definition) is 2. The molecule has 1 aliphatic heterocycles. The average Bonchev–Trinajstić information content (AvgIpc) is 2.66. The van der Waals surface area contributed by atoms with Crippen LogP contribution in [0.2, 0.25) is 5.02 Å². The highest BCUT2D eigenvalue weighted by molar-refractivity contribution is 6.30. The summed E-state index contributed by atoms with van der Waals surface area (Å²) < 4.78 is 11.2. The fourth-order valence-electron chi connectivity index (χ4n) is 4.57. The number of ether oxygens (including phenoxy) is 2. The van der Waals surface area contributed by atoms with Gasteiger partial charge < -0.3 is 20.5 Å². The van der Waals surface area contributed by atoms with E-state index in [2.05, 4.69) is 5.32 Å². The molecule has 0 bridgehead atoms. The summed E-state index contributed by atoms with van der Waals surface area (Å²) in [5.74, 6) is 0.729. The molecule has 3 N–H and O–H groups in total. The Morgan fingerprint density at radius 1 is 1.33 bits per heavy atom. The van der Waals surface area contributed by atoms with Crippen LogP contribution in [0.5, 0.6) is 5.75 Å². The monoisotopic (exact) mass is 394 g/mol. The smallest absolute Gasteiger partial charge is 0.224 e.